The molecule has 0 aliphatic carbocycles. The summed E-state index contributed by atoms with van der Waals surface area (Å²) < 4.78 is 0. The average Bonchev–Trinajstić information content (AvgIpc) is 2.31. The number of hydrogen-bond donors (Lipinski definition) is 0. The minimum Gasteiger partial charge on any atom is -0.303 e. The highest BCUT2D eigenvalue weighted by atomic mass is 16.1. The number of rotatable bonds is 5. The molecule has 0 heterocycles. The van der Waals surface area contributed by atoms with Gasteiger partial charge in [0, 0.05) is 11.8 Å². The SMILES string of the molecule is CC(C)C(C#N)CC(C=O)c1ccccc1. The van der Waals surface area contributed by atoms with Gasteiger partial charge in [-0.2, -0.15) is 5.26 Å². The maximum atomic E-state index is 11.1. The van der Waals surface area contributed by atoms with Crippen LogP contribution in [0.5, 0.6) is 0 Å². The van der Waals surface area contributed by atoms with Crippen LogP contribution in [-0.4, -0.2) is 6.29 Å². The van der Waals surface area contributed by atoms with Gasteiger partial charge in [0.2, 0.25) is 0 Å². The van der Waals surface area contributed by atoms with Crippen molar-refractivity contribution in [2.75, 3.05) is 0 Å². The minimum absolute atomic E-state index is 0.0598. The number of carbonyl (C=O) groups is 1. The van der Waals surface area contributed by atoms with Crippen molar-refractivity contribution in [3.05, 3.63) is 35.9 Å². The molecule has 1 aromatic carbocycles. The molecule has 0 aliphatic rings. The first-order valence-electron chi connectivity index (χ1n) is 5.59. The standard InChI is InChI=1S/C14H17NO/c1-11(2)13(9-15)8-14(10-16)12-6-4-3-5-7-12/h3-7,10-11,13-14H,8H2,1-2H3. The second-order valence-corrected chi connectivity index (χ2v) is 4.37. The Morgan fingerprint density at radius 2 is 1.94 bits per heavy atom. The number of aldehydes is 1. The largest absolute Gasteiger partial charge is 0.303 e. The summed E-state index contributed by atoms with van der Waals surface area (Å²) in [7, 11) is 0. The highest BCUT2D eigenvalue weighted by Gasteiger charge is 2.19. The monoisotopic (exact) mass is 215 g/mol. The molecule has 16 heavy (non-hydrogen) atoms. The van der Waals surface area contributed by atoms with Gasteiger partial charge in [0.15, 0.2) is 0 Å². The molecule has 0 fully saturated rings. The van der Waals surface area contributed by atoms with Crippen molar-refractivity contribution in [3.63, 3.8) is 0 Å². The average molecular weight is 215 g/mol. The first-order valence-corrected chi connectivity index (χ1v) is 5.59. The molecule has 2 unspecified atom stereocenters. The summed E-state index contributed by atoms with van der Waals surface area (Å²) >= 11 is 0. The van der Waals surface area contributed by atoms with E-state index >= 15 is 0 Å². The predicted molar refractivity (Wildman–Crippen MR) is 63.8 cm³/mol. The lowest BCUT2D eigenvalue weighted by molar-refractivity contribution is -0.109. The molecule has 0 radical (unpaired) electrons. The highest BCUT2D eigenvalue weighted by Crippen LogP contribution is 2.25. The lowest BCUT2D eigenvalue weighted by Crippen LogP contribution is -2.12. The van der Waals surface area contributed by atoms with E-state index in [0.29, 0.717) is 6.42 Å². The Balaban J connectivity index is 2.77. The summed E-state index contributed by atoms with van der Waals surface area (Å²) in [5.74, 6) is 0.0693. The molecule has 0 bridgehead atoms. The predicted octanol–water partition coefficient (Wildman–Crippen LogP) is 3.15. The zero-order valence-corrected chi connectivity index (χ0v) is 9.76. The van der Waals surface area contributed by atoms with Gasteiger partial charge < -0.3 is 4.79 Å². The first kappa shape index (κ1) is 12.4. The molecule has 0 N–H and O–H groups in total. The van der Waals surface area contributed by atoms with E-state index in [4.69, 9.17) is 5.26 Å². The van der Waals surface area contributed by atoms with Gasteiger partial charge in [0.25, 0.3) is 0 Å². The van der Waals surface area contributed by atoms with E-state index in [1.807, 2.05) is 44.2 Å². The van der Waals surface area contributed by atoms with Crippen molar-refractivity contribution in [1.82, 2.24) is 0 Å². The van der Waals surface area contributed by atoms with Crippen LogP contribution in [0.25, 0.3) is 0 Å². The Morgan fingerprint density at radius 1 is 1.31 bits per heavy atom. The van der Waals surface area contributed by atoms with Gasteiger partial charge in [-0.25, -0.2) is 0 Å². The minimum atomic E-state index is -0.159. The summed E-state index contributed by atoms with van der Waals surface area (Å²) in [5.41, 5.74) is 0.999. The zero-order chi connectivity index (χ0) is 12.0. The number of nitriles is 1. The van der Waals surface area contributed by atoms with Crippen LogP contribution < -0.4 is 0 Å². The topological polar surface area (TPSA) is 40.9 Å². The van der Waals surface area contributed by atoms with Crippen LogP contribution in [0.4, 0.5) is 0 Å². The fourth-order valence-electron chi connectivity index (χ4n) is 1.72. The maximum Gasteiger partial charge on any atom is 0.127 e. The highest BCUT2D eigenvalue weighted by molar-refractivity contribution is 5.62. The summed E-state index contributed by atoms with van der Waals surface area (Å²) in [6, 6.07) is 11.9. The maximum absolute atomic E-state index is 11.1. The molecule has 0 saturated heterocycles. The Kier molecular flexibility index (Phi) is 4.72. The van der Waals surface area contributed by atoms with E-state index in [2.05, 4.69) is 6.07 Å². The second-order valence-electron chi connectivity index (χ2n) is 4.37. The molecule has 0 amide bonds. The van der Waals surface area contributed by atoms with Crippen LogP contribution in [0.1, 0.15) is 31.7 Å². The summed E-state index contributed by atoms with van der Waals surface area (Å²) in [5, 5.41) is 9.02. The summed E-state index contributed by atoms with van der Waals surface area (Å²) in [6.07, 6.45) is 1.56. The van der Waals surface area contributed by atoms with Gasteiger partial charge in [-0.15, -0.1) is 0 Å². The number of nitrogens with zero attached hydrogens (tertiary/aromatic N) is 1. The molecule has 2 nitrogen and oxygen atoms in total. The van der Waals surface area contributed by atoms with Crippen molar-refractivity contribution in [1.29, 1.82) is 5.26 Å². The van der Waals surface area contributed by atoms with Crippen LogP contribution >= 0.6 is 0 Å². The number of carbonyl (C=O) groups excluding carboxylic acids is 1. The molecule has 2 atom stereocenters. The quantitative estimate of drug-likeness (QED) is 0.708. The third kappa shape index (κ3) is 3.20. The van der Waals surface area contributed by atoms with Crippen LogP contribution in [0, 0.1) is 23.2 Å². The van der Waals surface area contributed by atoms with Crippen molar-refractivity contribution in [2.24, 2.45) is 11.8 Å². The van der Waals surface area contributed by atoms with Crippen LogP contribution in [0.2, 0.25) is 0 Å². The van der Waals surface area contributed by atoms with Crippen LogP contribution in [-0.2, 0) is 4.79 Å². The molecule has 0 aliphatic heterocycles. The van der Waals surface area contributed by atoms with Crippen LogP contribution in [0.3, 0.4) is 0 Å². The molecule has 0 aromatic heterocycles. The Hall–Kier alpha value is -1.62. The second kappa shape index (κ2) is 6.07. The van der Waals surface area contributed by atoms with Crippen molar-refractivity contribution in [3.8, 4) is 6.07 Å². The Bertz CT molecular complexity index is 364. The lowest BCUT2D eigenvalue weighted by Gasteiger charge is -2.17. The van der Waals surface area contributed by atoms with E-state index in [0.717, 1.165) is 11.8 Å². The Morgan fingerprint density at radius 3 is 2.38 bits per heavy atom. The normalized spacial score (nSPS) is 14.1. The van der Waals surface area contributed by atoms with E-state index in [-0.39, 0.29) is 17.8 Å². The van der Waals surface area contributed by atoms with Gasteiger partial charge in [0.05, 0.1) is 6.07 Å². The number of benzene rings is 1. The lowest BCUT2D eigenvalue weighted by atomic mass is 9.85. The molecular formula is C14H17NO. The molecule has 0 spiro atoms. The fraction of sp³-hybridized carbons (Fsp3) is 0.429. The van der Waals surface area contributed by atoms with Gasteiger partial charge in [-0.3, -0.25) is 0 Å². The molecule has 1 aromatic rings. The van der Waals surface area contributed by atoms with Gasteiger partial charge >= 0.3 is 0 Å². The molecular weight excluding hydrogens is 198 g/mol. The molecule has 1 rings (SSSR count). The van der Waals surface area contributed by atoms with E-state index < -0.39 is 0 Å². The Labute approximate surface area is 96.9 Å². The van der Waals surface area contributed by atoms with Crippen LogP contribution in [0.15, 0.2) is 30.3 Å². The smallest absolute Gasteiger partial charge is 0.127 e. The van der Waals surface area contributed by atoms with Crippen molar-refractivity contribution < 1.29 is 4.79 Å². The number of hydrogen-bond acceptors (Lipinski definition) is 2. The molecule has 2 heteroatoms. The molecule has 0 saturated carbocycles. The fourth-order valence-corrected chi connectivity index (χ4v) is 1.72. The van der Waals surface area contributed by atoms with Gasteiger partial charge in [0.1, 0.15) is 6.29 Å². The molecule has 84 valence electrons. The third-order valence-corrected chi connectivity index (χ3v) is 2.87. The third-order valence-electron chi connectivity index (χ3n) is 2.87. The van der Waals surface area contributed by atoms with Crippen molar-refractivity contribution >= 4 is 6.29 Å². The van der Waals surface area contributed by atoms with E-state index in [1.165, 1.54) is 0 Å². The van der Waals surface area contributed by atoms with Crippen molar-refractivity contribution in [2.45, 2.75) is 26.2 Å². The summed E-state index contributed by atoms with van der Waals surface area (Å²) in [4.78, 5) is 11.1. The van der Waals surface area contributed by atoms with E-state index in [1.54, 1.807) is 0 Å². The van der Waals surface area contributed by atoms with E-state index in [9.17, 15) is 4.79 Å². The summed E-state index contributed by atoms with van der Waals surface area (Å²) in [6.45, 7) is 4.03. The first-order chi connectivity index (χ1) is 7.69. The van der Waals surface area contributed by atoms with Gasteiger partial charge in [-0.05, 0) is 17.9 Å². The van der Waals surface area contributed by atoms with Gasteiger partial charge in [-0.1, -0.05) is 44.2 Å². The zero-order valence-electron chi connectivity index (χ0n) is 9.76.